The van der Waals surface area contributed by atoms with Gasteiger partial charge in [0.1, 0.15) is 22.6 Å². The van der Waals surface area contributed by atoms with Crippen molar-refractivity contribution in [2.24, 2.45) is 5.92 Å². The molecule has 1 saturated heterocycles. The molecule has 0 unspecified atom stereocenters. The number of nitrogens with one attached hydrogen (secondary N) is 1. The summed E-state index contributed by atoms with van der Waals surface area (Å²) in [6.45, 7) is 2.79. The summed E-state index contributed by atoms with van der Waals surface area (Å²) >= 11 is 0. The molecule has 7 nitrogen and oxygen atoms in total. The fourth-order valence-electron chi connectivity index (χ4n) is 5.10. The SMILES string of the molecule is COc1ccc(-c2c(-c3ccc(OC)cc3)n(Cc3ccccc3)c3ncn(CC4COC4)c(=N)c23)cc1. The van der Waals surface area contributed by atoms with Crippen LogP contribution in [0.3, 0.4) is 0 Å². The predicted octanol–water partition coefficient (Wildman–Crippen LogP) is 5.36. The number of ether oxygens (including phenoxy) is 3. The van der Waals surface area contributed by atoms with E-state index in [1.165, 1.54) is 0 Å². The molecule has 1 N–H and O–H groups in total. The van der Waals surface area contributed by atoms with Crippen molar-refractivity contribution >= 4 is 11.0 Å². The molecule has 5 aromatic rings. The van der Waals surface area contributed by atoms with Crippen LogP contribution in [0.25, 0.3) is 33.4 Å². The lowest BCUT2D eigenvalue weighted by atomic mass is 9.98. The van der Waals surface area contributed by atoms with Gasteiger partial charge in [0.15, 0.2) is 0 Å². The molecule has 6 rings (SSSR count). The molecule has 0 spiro atoms. The van der Waals surface area contributed by atoms with Crippen LogP contribution in [-0.4, -0.2) is 41.6 Å². The Bertz CT molecular complexity index is 1620. The molecule has 1 fully saturated rings. The van der Waals surface area contributed by atoms with Gasteiger partial charge in [-0.2, -0.15) is 0 Å². The summed E-state index contributed by atoms with van der Waals surface area (Å²) < 4.78 is 20.5. The largest absolute Gasteiger partial charge is 0.497 e. The molecule has 7 heteroatoms. The highest BCUT2D eigenvalue weighted by atomic mass is 16.5. The number of methoxy groups -OCH3 is 2. The van der Waals surface area contributed by atoms with Crippen molar-refractivity contribution in [2.45, 2.75) is 13.1 Å². The first kappa shape index (κ1) is 24.0. The third-order valence-corrected chi connectivity index (χ3v) is 7.17. The van der Waals surface area contributed by atoms with Crippen molar-refractivity contribution in [3.8, 4) is 33.9 Å². The number of rotatable bonds is 8. The highest BCUT2D eigenvalue weighted by molar-refractivity contribution is 6.02. The molecule has 0 radical (unpaired) electrons. The van der Waals surface area contributed by atoms with E-state index in [1.807, 2.05) is 34.9 Å². The second-order valence-electron chi connectivity index (χ2n) is 9.60. The maximum atomic E-state index is 9.34. The van der Waals surface area contributed by atoms with E-state index in [4.69, 9.17) is 19.2 Å². The molecule has 3 heterocycles. The smallest absolute Gasteiger partial charge is 0.146 e. The summed E-state index contributed by atoms with van der Waals surface area (Å²) in [5.74, 6) is 1.99. The van der Waals surface area contributed by atoms with Crippen LogP contribution >= 0.6 is 0 Å². The van der Waals surface area contributed by atoms with Gasteiger partial charge in [-0.3, -0.25) is 5.41 Å². The maximum absolute atomic E-state index is 9.34. The van der Waals surface area contributed by atoms with Crippen LogP contribution in [-0.2, 0) is 17.8 Å². The zero-order chi connectivity index (χ0) is 26.1. The van der Waals surface area contributed by atoms with Gasteiger partial charge in [-0.15, -0.1) is 0 Å². The molecule has 0 atom stereocenters. The van der Waals surface area contributed by atoms with E-state index in [-0.39, 0.29) is 0 Å². The molecule has 1 aliphatic rings. The van der Waals surface area contributed by atoms with Crippen LogP contribution in [0.2, 0.25) is 0 Å². The Labute approximate surface area is 221 Å². The normalized spacial score (nSPS) is 13.4. The van der Waals surface area contributed by atoms with E-state index in [2.05, 4.69) is 53.1 Å². The van der Waals surface area contributed by atoms with Crippen LogP contribution in [0.15, 0.2) is 85.2 Å². The van der Waals surface area contributed by atoms with Crippen LogP contribution in [0.4, 0.5) is 0 Å². The molecule has 2 aromatic heterocycles. The average molecular weight is 507 g/mol. The van der Waals surface area contributed by atoms with Crippen molar-refractivity contribution in [2.75, 3.05) is 27.4 Å². The summed E-state index contributed by atoms with van der Waals surface area (Å²) in [5.41, 5.74) is 6.45. The predicted molar refractivity (Wildman–Crippen MR) is 147 cm³/mol. The van der Waals surface area contributed by atoms with E-state index >= 15 is 0 Å². The molecule has 3 aromatic carbocycles. The highest BCUT2D eigenvalue weighted by Crippen LogP contribution is 2.40. The highest BCUT2D eigenvalue weighted by Gasteiger charge is 2.25. The van der Waals surface area contributed by atoms with Crippen LogP contribution in [0.1, 0.15) is 5.56 Å². The van der Waals surface area contributed by atoms with Gasteiger partial charge >= 0.3 is 0 Å². The van der Waals surface area contributed by atoms with Crippen molar-refractivity contribution in [1.82, 2.24) is 14.1 Å². The lowest BCUT2D eigenvalue weighted by Crippen LogP contribution is -2.35. The van der Waals surface area contributed by atoms with E-state index in [0.29, 0.717) is 24.5 Å². The second-order valence-corrected chi connectivity index (χ2v) is 9.60. The topological polar surface area (TPSA) is 74.3 Å². The van der Waals surface area contributed by atoms with Gasteiger partial charge in [0, 0.05) is 24.6 Å². The van der Waals surface area contributed by atoms with Crippen LogP contribution in [0.5, 0.6) is 11.5 Å². The fraction of sp³-hybridized carbons (Fsp3) is 0.226. The molecule has 0 saturated carbocycles. The van der Waals surface area contributed by atoms with Crippen molar-refractivity contribution in [1.29, 1.82) is 5.41 Å². The Morgan fingerprint density at radius 2 is 1.50 bits per heavy atom. The number of hydrogen-bond donors (Lipinski definition) is 1. The third-order valence-electron chi connectivity index (χ3n) is 7.17. The molecule has 1 aliphatic heterocycles. The molecule has 0 bridgehead atoms. The minimum Gasteiger partial charge on any atom is -0.497 e. The van der Waals surface area contributed by atoms with E-state index in [9.17, 15) is 5.41 Å². The van der Waals surface area contributed by atoms with Gasteiger partial charge in [-0.05, 0) is 53.1 Å². The summed E-state index contributed by atoms with van der Waals surface area (Å²) in [6, 6.07) is 26.5. The standard InChI is InChI=1S/C31H30N4O3/c1-36-25-12-8-23(9-13-25)27-28-30(32)34(16-22-18-38-19-22)20-33-31(28)35(17-21-6-4-3-5-7-21)29(27)24-10-14-26(37-2)15-11-24/h3-15,20,22,32H,16-19H2,1-2H3. The van der Waals surface area contributed by atoms with Gasteiger partial charge in [-0.25, -0.2) is 4.98 Å². The number of hydrogen-bond acceptors (Lipinski definition) is 5. The van der Waals surface area contributed by atoms with Gasteiger partial charge in [0.2, 0.25) is 0 Å². The zero-order valence-electron chi connectivity index (χ0n) is 21.6. The number of fused-ring (bicyclic) bond motifs is 1. The summed E-state index contributed by atoms with van der Waals surface area (Å²) in [5, 5.41) is 10.2. The Kier molecular flexibility index (Phi) is 6.43. The van der Waals surface area contributed by atoms with Gasteiger partial charge in [0.05, 0.1) is 44.8 Å². The van der Waals surface area contributed by atoms with Crippen molar-refractivity contribution < 1.29 is 14.2 Å². The lowest BCUT2D eigenvalue weighted by molar-refractivity contribution is -0.0399. The lowest BCUT2D eigenvalue weighted by Gasteiger charge is -2.26. The third kappa shape index (κ3) is 4.35. The molecule has 0 aliphatic carbocycles. The van der Waals surface area contributed by atoms with Crippen molar-refractivity contribution in [3.63, 3.8) is 0 Å². The van der Waals surface area contributed by atoms with E-state index in [1.54, 1.807) is 20.5 Å². The molecule has 0 amide bonds. The number of nitrogens with zero attached hydrogens (tertiary/aromatic N) is 3. The Hall–Kier alpha value is -4.36. The molecular weight excluding hydrogens is 476 g/mol. The quantitative estimate of drug-likeness (QED) is 0.307. The first-order chi connectivity index (χ1) is 18.7. The Balaban J connectivity index is 1.65. The monoisotopic (exact) mass is 506 g/mol. The Morgan fingerprint density at radius 1 is 0.868 bits per heavy atom. The van der Waals surface area contributed by atoms with Gasteiger partial charge in [0.25, 0.3) is 0 Å². The molecular formula is C31H30N4O3. The fourth-order valence-corrected chi connectivity index (χ4v) is 5.10. The van der Waals surface area contributed by atoms with Gasteiger partial charge < -0.3 is 23.3 Å². The minimum atomic E-state index is 0.403. The molecule has 38 heavy (non-hydrogen) atoms. The molecule has 192 valence electrons. The first-order valence-electron chi connectivity index (χ1n) is 12.7. The summed E-state index contributed by atoms with van der Waals surface area (Å²) in [7, 11) is 3.34. The van der Waals surface area contributed by atoms with Crippen molar-refractivity contribution in [3.05, 3.63) is 96.2 Å². The summed E-state index contributed by atoms with van der Waals surface area (Å²) in [6.07, 6.45) is 1.81. The second kappa shape index (κ2) is 10.2. The minimum absolute atomic E-state index is 0.403. The van der Waals surface area contributed by atoms with Gasteiger partial charge in [-0.1, -0.05) is 42.5 Å². The van der Waals surface area contributed by atoms with Crippen LogP contribution < -0.4 is 15.0 Å². The number of benzene rings is 3. The number of aromatic nitrogens is 3. The first-order valence-corrected chi connectivity index (χ1v) is 12.7. The maximum Gasteiger partial charge on any atom is 0.146 e. The van der Waals surface area contributed by atoms with Crippen LogP contribution in [0, 0.1) is 11.3 Å². The van der Waals surface area contributed by atoms with E-state index in [0.717, 1.165) is 63.7 Å². The average Bonchev–Trinajstić information content (AvgIpc) is 3.26. The Morgan fingerprint density at radius 3 is 2.08 bits per heavy atom. The van der Waals surface area contributed by atoms with E-state index < -0.39 is 0 Å². The zero-order valence-corrected chi connectivity index (χ0v) is 21.6. The summed E-state index contributed by atoms with van der Waals surface area (Å²) in [4.78, 5) is 4.97.